The average molecular weight is 757 g/mol. The second-order valence-electron chi connectivity index (χ2n) is 10.5. The van der Waals surface area contributed by atoms with Crippen molar-refractivity contribution in [1.29, 1.82) is 0 Å². The van der Waals surface area contributed by atoms with Crippen LogP contribution in [-0.2, 0) is 35.1 Å². The van der Waals surface area contributed by atoms with E-state index in [1.54, 1.807) is 41.5 Å². The highest BCUT2D eigenvalue weighted by atomic mass is 127. The third-order valence-corrected chi connectivity index (χ3v) is 5.28. The Morgan fingerprint density at radius 2 is 1.36 bits per heavy atom. The maximum Gasteiger partial charge on any atom is 0.408 e. The smallest absolute Gasteiger partial charge is 0.408 e. The van der Waals surface area contributed by atoms with E-state index in [1.165, 1.54) is 13.3 Å². The Balaban J connectivity index is 0.000000721. The van der Waals surface area contributed by atoms with Gasteiger partial charge in [0.05, 0.1) is 36.8 Å². The quantitative estimate of drug-likeness (QED) is 0.0830. The first-order valence-corrected chi connectivity index (χ1v) is 14.3. The third-order valence-electron chi connectivity index (χ3n) is 4.40. The number of alkyl carbamates (subject to hydrolysis) is 2. The van der Waals surface area contributed by atoms with Gasteiger partial charge in [-0.1, -0.05) is 22.6 Å². The van der Waals surface area contributed by atoms with Crippen molar-refractivity contribution in [3.05, 3.63) is 45.0 Å². The Morgan fingerprint density at radius 3 is 1.69 bits per heavy atom. The summed E-state index contributed by atoms with van der Waals surface area (Å²) in [5, 5.41) is 34.6. The molecule has 20 nitrogen and oxygen atoms in total. The molecule has 0 aliphatic rings. The van der Waals surface area contributed by atoms with Gasteiger partial charge in [0.25, 0.3) is 0 Å². The molecule has 2 amide bonds. The molecular weight excluding hydrogens is 719 g/mol. The standard InChI is InChI=1S/C12H18N4O6.C9H16INO4.C3H3N3O2/c1-12(2,3)22-11(18)14-9(10(17)21-4)7-15-6-8(5-13-15)16(19)20;1-9(2,3)15-8(13)11-6(5-10)7(12)14-4;7-6(8)3-1-4-5-2-3/h5-6,9H,7H2,1-4H3,(H,14,18);6H,5H2,1-4H3,(H,11,13);1-2H,(H,4,5)/t9-;6-;/m00./s1. The molecule has 0 saturated heterocycles. The highest BCUT2D eigenvalue weighted by Crippen LogP contribution is 2.10. The number of carbonyl (C=O) groups excluding carboxylic acids is 4. The number of H-pyrrole nitrogens is 1. The Labute approximate surface area is 271 Å². The minimum atomic E-state index is -1.08. The molecule has 3 N–H and O–H groups in total. The van der Waals surface area contributed by atoms with Crippen LogP contribution >= 0.6 is 22.6 Å². The number of rotatable bonds is 9. The molecule has 0 unspecified atom stereocenters. The minimum Gasteiger partial charge on any atom is -0.467 e. The van der Waals surface area contributed by atoms with Crippen LogP contribution in [0.1, 0.15) is 41.5 Å². The van der Waals surface area contributed by atoms with Gasteiger partial charge >= 0.3 is 35.5 Å². The van der Waals surface area contributed by atoms with Gasteiger partial charge in [-0.05, 0) is 41.5 Å². The van der Waals surface area contributed by atoms with E-state index >= 15 is 0 Å². The van der Waals surface area contributed by atoms with Crippen molar-refractivity contribution in [3.8, 4) is 0 Å². The summed E-state index contributed by atoms with van der Waals surface area (Å²) < 4.78 is 20.8. The highest BCUT2D eigenvalue weighted by molar-refractivity contribution is 14.1. The fourth-order valence-electron chi connectivity index (χ4n) is 2.60. The van der Waals surface area contributed by atoms with E-state index in [-0.39, 0.29) is 17.9 Å². The van der Waals surface area contributed by atoms with Crippen molar-refractivity contribution in [1.82, 2.24) is 30.6 Å². The predicted octanol–water partition coefficient (Wildman–Crippen LogP) is 2.66. The SMILES string of the molecule is COC(=O)[C@H](CI)NC(=O)OC(C)(C)C.COC(=O)[C@H](Cn1cc([N+](=O)[O-])cn1)NC(=O)OC(C)(C)C.O=[N+]([O-])c1cn[nH]c1. The van der Waals surface area contributed by atoms with E-state index in [9.17, 15) is 39.4 Å². The van der Waals surface area contributed by atoms with Gasteiger partial charge in [0.15, 0.2) is 0 Å². The lowest BCUT2D eigenvalue weighted by Gasteiger charge is -2.22. The first-order chi connectivity index (χ1) is 20.7. The van der Waals surface area contributed by atoms with Crippen molar-refractivity contribution in [2.45, 2.75) is 71.4 Å². The van der Waals surface area contributed by atoms with Gasteiger partial charge in [0.2, 0.25) is 0 Å². The highest BCUT2D eigenvalue weighted by Gasteiger charge is 2.27. The molecule has 0 aliphatic heterocycles. The second kappa shape index (κ2) is 19.0. The summed E-state index contributed by atoms with van der Waals surface area (Å²) in [5.41, 5.74) is -1.53. The molecule has 2 atom stereocenters. The van der Waals surface area contributed by atoms with E-state index in [2.05, 4.69) is 35.4 Å². The number of aromatic nitrogens is 4. The van der Waals surface area contributed by atoms with E-state index in [0.29, 0.717) is 4.43 Å². The first kappa shape index (κ1) is 40.4. The van der Waals surface area contributed by atoms with Gasteiger partial charge in [0.1, 0.15) is 41.9 Å². The number of carbonyl (C=O) groups is 4. The summed E-state index contributed by atoms with van der Waals surface area (Å²) >= 11 is 1.99. The number of ether oxygens (including phenoxy) is 4. The maximum atomic E-state index is 11.7. The molecule has 2 aromatic heterocycles. The number of aromatic amines is 1. The number of nitro groups is 2. The Kier molecular flexibility index (Phi) is 17.0. The summed E-state index contributed by atoms with van der Waals surface area (Å²) in [6.45, 7) is 10.2. The van der Waals surface area contributed by atoms with Crippen LogP contribution in [0.25, 0.3) is 0 Å². The normalized spacial score (nSPS) is 11.9. The number of hydrogen-bond acceptors (Lipinski definition) is 14. The van der Waals surface area contributed by atoms with Gasteiger partial charge in [-0.25, -0.2) is 19.2 Å². The van der Waals surface area contributed by atoms with Crippen molar-refractivity contribution < 1.29 is 48.0 Å². The van der Waals surface area contributed by atoms with Crippen molar-refractivity contribution in [2.24, 2.45) is 0 Å². The minimum absolute atomic E-state index is 0.00926. The molecule has 2 aromatic rings. The Morgan fingerprint density at radius 1 is 0.889 bits per heavy atom. The molecule has 0 radical (unpaired) electrons. The van der Waals surface area contributed by atoms with Crippen LogP contribution in [0.4, 0.5) is 21.0 Å². The summed E-state index contributed by atoms with van der Waals surface area (Å²) in [5.74, 6) is -1.20. The van der Waals surface area contributed by atoms with Crippen LogP contribution < -0.4 is 10.6 Å². The molecule has 2 heterocycles. The molecule has 252 valence electrons. The van der Waals surface area contributed by atoms with Crippen molar-refractivity contribution in [2.75, 3.05) is 18.6 Å². The van der Waals surface area contributed by atoms with E-state index < -0.39 is 57.3 Å². The third kappa shape index (κ3) is 18.0. The lowest BCUT2D eigenvalue weighted by molar-refractivity contribution is -0.385. The number of hydrogen-bond donors (Lipinski definition) is 3. The number of nitrogens with zero attached hydrogens (tertiary/aromatic N) is 5. The van der Waals surface area contributed by atoms with Crippen LogP contribution in [0.15, 0.2) is 24.8 Å². The number of nitrogens with one attached hydrogen (secondary N) is 3. The second-order valence-corrected chi connectivity index (χ2v) is 11.4. The largest absolute Gasteiger partial charge is 0.467 e. The van der Waals surface area contributed by atoms with E-state index in [1.807, 2.05) is 22.6 Å². The predicted molar refractivity (Wildman–Crippen MR) is 163 cm³/mol. The average Bonchev–Trinajstić information content (AvgIpc) is 3.62. The summed E-state index contributed by atoms with van der Waals surface area (Å²) in [7, 11) is 2.44. The van der Waals surface area contributed by atoms with E-state index in [4.69, 9.17) is 9.47 Å². The first-order valence-electron chi connectivity index (χ1n) is 12.7. The molecule has 0 aromatic carbocycles. The molecule has 0 bridgehead atoms. The molecule has 0 fully saturated rings. The Hall–Kier alpha value is -4.57. The fourth-order valence-corrected chi connectivity index (χ4v) is 3.18. The molecule has 0 saturated carbocycles. The zero-order valence-corrected chi connectivity index (χ0v) is 28.0. The zero-order valence-electron chi connectivity index (χ0n) is 25.9. The van der Waals surface area contributed by atoms with Crippen LogP contribution in [-0.4, -0.2) is 95.9 Å². The number of alkyl halides is 1. The maximum absolute atomic E-state index is 11.7. The van der Waals surface area contributed by atoms with E-state index in [0.717, 1.165) is 30.4 Å². The molecular formula is C24H37IN8O12. The summed E-state index contributed by atoms with van der Waals surface area (Å²) in [4.78, 5) is 65.1. The number of halogens is 1. The topological polar surface area (TPSA) is 262 Å². The summed E-state index contributed by atoms with van der Waals surface area (Å²) in [6, 6.07) is -1.75. The molecule has 0 spiro atoms. The van der Waals surface area contributed by atoms with Gasteiger partial charge < -0.3 is 29.6 Å². The number of amides is 2. The number of esters is 2. The van der Waals surface area contributed by atoms with Crippen LogP contribution in [0.3, 0.4) is 0 Å². The zero-order chi connectivity index (χ0) is 35.0. The lowest BCUT2D eigenvalue weighted by Crippen LogP contribution is -2.46. The van der Waals surface area contributed by atoms with Crippen LogP contribution in [0, 0.1) is 20.2 Å². The van der Waals surface area contributed by atoms with Crippen molar-refractivity contribution >= 4 is 58.1 Å². The van der Waals surface area contributed by atoms with Gasteiger partial charge in [-0.15, -0.1) is 0 Å². The van der Waals surface area contributed by atoms with Crippen molar-refractivity contribution in [3.63, 3.8) is 0 Å². The molecule has 2 rings (SSSR count). The molecule has 21 heteroatoms. The number of methoxy groups -OCH3 is 2. The molecule has 45 heavy (non-hydrogen) atoms. The molecule has 0 aliphatic carbocycles. The summed E-state index contributed by atoms with van der Waals surface area (Å²) in [6.07, 6.45) is 3.15. The fraction of sp³-hybridized carbons (Fsp3) is 0.583. The van der Waals surface area contributed by atoms with Crippen LogP contribution in [0.2, 0.25) is 0 Å². The van der Waals surface area contributed by atoms with Gasteiger partial charge in [-0.3, -0.25) is 30.0 Å². The van der Waals surface area contributed by atoms with Crippen LogP contribution in [0.5, 0.6) is 0 Å². The van der Waals surface area contributed by atoms with Gasteiger partial charge in [0, 0.05) is 4.43 Å². The monoisotopic (exact) mass is 756 g/mol. The van der Waals surface area contributed by atoms with Gasteiger partial charge in [-0.2, -0.15) is 10.2 Å². The lowest BCUT2D eigenvalue weighted by atomic mass is 10.2. The Bertz CT molecular complexity index is 1270.